The number of fused-ring (bicyclic) bond motifs is 1. The maximum absolute atomic E-state index is 12.6. The number of halogens is 1. The van der Waals surface area contributed by atoms with E-state index in [4.69, 9.17) is 21.1 Å². The van der Waals surface area contributed by atoms with E-state index in [1.54, 1.807) is 23.5 Å². The number of thiazole rings is 1. The van der Waals surface area contributed by atoms with Gasteiger partial charge in [-0.15, -0.1) is 11.3 Å². The second kappa shape index (κ2) is 7.29. The number of hydrogen-bond donors (Lipinski definition) is 1. The van der Waals surface area contributed by atoms with Crippen LogP contribution >= 0.6 is 22.9 Å². The number of methoxy groups -OCH3 is 1. The number of carbonyl (C=O) groups is 1. The second-order valence-electron chi connectivity index (χ2n) is 5.29. The van der Waals surface area contributed by atoms with Gasteiger partial charge in [0.1, 0.15) is 0 Å². The molecule has 3 aromatic rings. The fraction of sp³-hybridized carbons (Fsp3) is 0.222. The fourth-order valence-corrected chi connectivity index (χ4v) is 3.59. The molecule has 5 nitrogen and oxygen atoms in total. The number of hydrogen-bond acceptors (Lipinski definition) is 5. The van der Waals surface area contributed by atoms with E-state index in [1.165, 1.54) is 7.11 Å². The molecule has 0 atom stereocenters. The number of rotatable bonds is 5. The number of aromatic nitrogens is 1. The smallest absolute Gasteiger partial charge is 0.255 e. The van der Waals surface area contributed by atoms with Gasteiger partial charge in [0.05, 0.1) is 34.0 Å². The first kappa shape index (κ1) is 17.5. The van der Waals surface area contributed by atoms with Crippen molar-refractivity contribution in [3.63, 3.8) is 0 Å². The van der Waals surface area contributed by atoms with Crippen LogP contribution < -0.4 is 14.8 Å². The molecule has 1 aromatic heterocycles. The zero-order valence-electron chi connectivity index (χ0n) is 14.1. The lowest BCUT2D eigenvalue weighted by atomic mass is 10.1. The Labute approximate surface area is 154 Å². The van der Waals surface area contributed by atoms with Crippen molar-refractivity contribution >= 4 is 44.7 Å². The molecule has 7 heteroatoms. The topological polar surface area (TPSA) is 60.5 Å². The molecule has 2 aromatic carbocycles. The van der Waals surface area contributed by atoms with Gasteiger partial charge in [0.25, 0.3) is 5.91 Å². The van der Waals surface area contributed by atoms with Crippen molar-refractivity contribution in [2.75, 3.05) is 19.0 Å². The molecule has 3 rings (SSSR count). The van der Waals surface area contributed by atoms with Crippen molar-refractivity contribution < 1.29 is 14.3 Å². The molecule has 0 bridgehead atoms. The first-order valence-electron chi connectivity index (χ1n) is 7.70. The van der Waals surface area contributed by atoms with Gasteiger partial charge >= 0.3 is 0 Å². The van der Waals surface area contributed by atoms with Crippen LogP contribution in [0.25, 0.3) is 10.2 Å². The Morgan fingerprint density at radius 3 is 2.84 bits per heavy atom. The van der Waals surface area contributed by atoms with Crippen molar-refractivity contribution in [3.05, 3.63) is 45.9 Å². The zero-order valence-corrected chi connectivity index (χ0v) is 15.6. The van der Waals surface area contributed by atoms with Gasteiger partial charge in [-0.05, 0) is 44.2 Å². The Balaban J connectivity index is 1.87. The van der Waals surface area contributed by atoms with Gasteiger partial charge in [0, 0.05) is 11.3 Å². The van der Waals surface area contributed by atoms with Crippen LogP contribution in [0.1, 0.15) is 22.3 Å². The third-order valence-electron chi connectivity index (χ3n) is 3.53. The Hall–Kier alpha value is -2.31. The molecule has 0 aliphatic heterocycles. The lowest BCUT2D eigenvalue weighted by Crippen LogP contribution is -2.12. The summed E-state index contributed by atoms with van der Waals surface area (Å²) in [7, 11) is 1.51. The zero-order chi connectivity index (χ0) is 18.0. The van der Waals surface area contributed by atoms with E-state index in [-0.39, 0.29) is 5.91 Å². The molecule has 0 aliphatic carbocycles. The fourth-order valence-electron chi connectivity index (χ4n) is 2.46. The number of anilines is 1. The molecule has 25 heavy (non-hydrogen) atoms. The van der Waals surface area contributed by atoms with Gasteiger partial charge in [0.15, 0.2) is 11.5 Å². The molecule has 1 N–H and O–H groups in total. The van der Waals surface area contributed by atoms with E-state index in [2.05, 4.69) is 10.3 Å². The van der Waals surface area contributed by atoms with Gasteiger partial charge in [-0.3, -0.25) is 4.79 Å². The first-order valence-corrected chi connectivity index (χ1v) is 8.90. The quantitative estimate of drug-likeness (QED) is 0.686. The number of aryl methyl sites for hydroxylation is 1. The van der Waals surface area contributed by atoms with E-state index >= 15 is 0 Å². The molecule has 130 valence electrons. The summed E-state index contributed by atoms with van der Waals surface area (Å²) in [5, 5.41) is 4.20. The van der Waals surface area contributed by atoms with Gasteiger partial charge in [-0.25, -0.2) is 4.98 Å². The van der Waals surface area contributed by atoms with Gasteiger partial charge < -0.3 is 14.8 Å². The molecule has 0 saturated heterocycles. The number of benzene rings is 2. The van der Waals surface area contributed by atoms with E-state index < -0.39 is 0 Å². The van der Waals surface area contributed by atoms with Crippen LogP contribution in [0.15, 0.2) is 30.3 Å². The molecule has 0 spiro atoms. The third-order valence-corrected chi connectivity index (χ3v) is 4.75. The minimum absolute atomic E-state index is 0.274. The molecular weight excluding hydrogens is 360 g/mol. The summed E-state index contributed by atoms with van der Waals surface area (Å²) >= 11 is 7.81. The second-order valence-corrected chi connectivity index (χ2v) is 6.93. The summed E-state index contributed by atoms with van der Waals surface area (Å²) in [6.45, 7) is 4.26. The summed E-state index contributed by atoms with van der Waals surface area (Å²) in [6, 6.07) is 8.81. The molecule has 1 amide bonds. The number of carbonyl (C=O) groups excluding carboxylic acids is 1. The number of ether oxygens (including phenoxy) is 2. The molecule has 0 unspecified atom stereocenters. The van der Waals surface area contributed by atoms with Crippen molar-refractivity contribution in [3.8, 4) is 11.5 Å². The largest absolute Gasteiger partial charge is 0.493 e. The van der Waals surface area contributed by atoms with Gasteiger partial charge in [-0.1, -0.05) is 11.6 Å². The Kier molecular flexibility index (Phi) is 5.11. The Bertz CT molecular complexity index is 939. The van der Waals surface area contributed by atoms with Crippen LogP contribution in [-0.2, 0) is 0 Å². The number of nitrogens with one attached hydrogen (secondary N) is 1. The van der Waals surface area contributed by atoms with Gasteiger partial charge in [0.2, 0.25) is 0 Å². The molecule has 0 saturated carbocycles. The maximum atomic E-state index is 12.6. The average Bonchev–Trinajstić information content (AvgIpc) is 2.95. The summed E-state index contributed by atoms with van der Waals surface area (Å²) < 4.78 is 11.8. The van der Waals surface area contributed by atoms with Crippen molar-refractivity contribution in [1.82, 2.24) is 4.98 Å². The molecule has 1 heterocycles. The van der Waals surface area contributed by atoms with Crippen molar-refractivity contribution in [1.29, 1.82) is 0 Å². The van der Waals surface area contributed by atoms with Gasteiger partial charge in [-0.2, -0.15) is 0 Å². The normalized spacial score (nSPS) is 10.7. The average molecular weight is 377 g/mol. The van der Waals surface area contributed by atoms with E-state index in [0.717, 1.165) is 15.2 Å². The molecule has 0 aliphatic rings. The predicted octanol–water partition coefficient (Wildman–Crippen LogP) is 4.92. The number of amides is 1. The Morgan fingerprint density at radius 1 is 1.32 bits per heavy atom. The minimum Gasteiger partial charge on any atom is -0.493 e. The van der Waals surface area contributed by atoms with Crippen molar-refractivity contribution in [2.24, 2.45) is 0 Å². The van der Waals surface area contributed by atoms with Crippen LogP contribution in [-0.4, -0.2) is 24.6 Å². The third kappa shape index (κ3) is 3.70. The van der Waals surface area contributed by atoms with Crippen molar-refractivity contribution in [2.45, 2.75) is 13.8 Å². The summed E-state index contributed by atoms with van der Waals surface area (Å²) in [4.78, 5) is 17.0. The van der Waals surface area contributed by atoms with E-state index in [9.17, 15) is 4.79 Å². The highest BCUT2D eigenvalue weighted by atomic mass is 35.5. The van der Waals surface area contributed by atoms with Crippen LogP contribution in [0.4, 0.5) is 5.69 Å². The lowest BCUT2D eigenvalue weighted by Gasteiger charge is -2.13. The van der Waals surface area contributed by atoms with E-state index in [1.807, 2.05) is 32.0 Å². The maximum Gasteiger partial charge on any atom is 0.255 e. The minimum atomic E-state index is -0.274. The van der Waals surface area contributed by atoms with E-state index in [0.29, 0.717) is 34.4 Å². The highest BCUT2D eigenvalue weighted by Gasteiger charge is 2.16. The standard InChI is InChI=1S/C18H17ClN2O3S/c1-4-24-17-13(19)7-11(8-15(17)23-3)18(22)21-12-5-6-14-16(9-12)25-10(2)20-14/h5-9H,4H2,1-3H3,(H,21,22). The lowest BCUT2D eigenvalue weighted by molar-refractivity contribution is 0.102. The summed E-state index contributed by atoms with van der Waals surface area (Å²) in [5.41, 5.74) is 2.02. The predicted molar refractivity (Wildman–Crippen MR) is 101 cm³/mol. The number of nitrogens with zero attached hydrogens (tertiary/aromatic N) is 1. The highest BCUT2D eigenvalue weighted by molar-refractivity contribution is 7.18. The molecular formula is C18H17ClN2O3S. The molecule has 0 fully saturated rings. The highest BCUT2D eigenvalue weighted by Crippen LogP contribution is 2.36. The first-order chi connectivity index (χ1) is 12.0. The van der Waals surface area contributed by atoms with Crippen LogP contribution in [0, 0.1) is 6.92 Å². The Morgan fingerprint density at radius 2 is 2.12 bits per heavy atom. The molecule has 0 radical (unpaired) electrons. The summed E-state index contributed by atoms with van der Waals surface area (Å²) in [5.74, 6) is 0.585. The van der Waals surface area contributed by atoms with Crippen LogP contribution in [0.3, 0.4) is 0 Å². The SMILES string of the molecule is CCOc1c(Cl)cc(C(=O)Nc2ccc3nc(C)sc3c2)cc1OC. The van der Waals surface area contributed by atoms with Crippen LogP contribution in [0.2, 0.25) is 5.02 Å². The summed E-state index contributed by atoms with van der Waals surface area (Å²) in [6.07, 6.45) is 0. The van der Waals surface area contributed by atoms with Crippen LogP contribution in [0.5, 0.6) is 11.5 Å². The monoisotopic (exact) mass is 376 g/mol.